The molecule has 120 valence electrons. The van der Waals surface area contributed by atoms with Gasteiger partial charge in [-0.2, -0.15) is 5.10 Å². The van der Waals surface area contributed by atoms with Crippen LogP contribution < -0.4 is 0 Å². The second-order valence-corrected chi connectivity index (χ2v) is 6.32. The van der Waals surface area contributed by atoms with E-state index in [9.17, 15) is 0 Å². The van der Waals surface area contributed by atoms with E-state index in [1.54, 1.807) is 0 Å². The van der Waals surface area contributed by atoms with Gasteiger partial charge in [0.15, 0.2) is 0 Å². The summed E-state index contributed by atoms with van der Waals surface area (Å²) >= 11 is 0. The van der Waals surface area contributed by atoms with Crippen LogP contribution in [-0.2, 0) is 33.5 Å². The summed E-state index contributed by atoms with van der Waals surface area (Å²) in [5.41, 5.74) is 4.10. The van der Waals surface area contributed by atoms with Crippen molar-refractivity contribution in [1.82, 2.24) is 24.2 Å². The lowest BCUT2D eigenvalue weighted by Gasteiger charge is -2.17. The average molecular weight is 301 g/mol. The van der Waals surface area contributed by atoms with Crippen LogP contribution in [0.3, 0.4) is 0 Å². The maximum Gasteiger partial charge on any atom is 0.112 e. The number of nitrogens with zero attached hydrogens (tertiary/aromatic N) is 5. The largest absolute Gasteiger partial charge is 0.338 e. The molecule has 1 fully saturated rings. The van der Waals surface area contributed by atoms with Gasteiger partial charge in [0.2, 0.25) is 0 Å². The first kappa shape index (κ1) is 15.3. The molecule has 1 aliphatic rings. The summed E-state index contributed by atoms with van der Waals surface area (Å²) in [7, 11) is 4.17. The van der Waals surface area contributed by atoms with Gasteiger partial charge in [-0.25, -0.2) is 4.98 Å². The highest BCUT2D eigenvalue weighted by Gasteiger charge is 2.28. The number of aromatic nitrogens is 4. The Labute approximate surface area is 133 Å². The minimum absolute atomic E-state index is 0.562. The Morgan fingerprint density at radius 3 is 2.68 bits per heavy atom. The Morgan fingerprint density at radius 2 is 2.05 bits per heavy atom. The summed E-state index contributed by atoms with van der Waals surface area (Å²) in [4.78, 5) is 7.09. The highest BCUT2D eigenvalue weighted by molar-refractivity contribution is 5.27. The lowest BCUT2D eigenvalue weighted by Crippen LogP contribution is -2.21. The lowest BCUT2D eigenvalue weighted by atomic mass is 10.1. The monoisotopic (exact) mass is 301 g/mol. The van der Waals surface area contributed by atoms with E-state index in [1.165, 1.54) is 29.2 Å². The molecule has 1 unspecified atom stereocenters. The zero-order valence-electron chi connectivity index (χ0n) is 14.2. The predicted molar refractivity (Wildman–Crippen MR) is 87.8 cm³/mol. The fraction of sp³-hybridized carbons (Fsp3) is 0.647. The molecule has 0 N–H and O–H groups in total. The number of likely N-dealkylation sites (tertiary alicyclic amines) is 1. The van der Waals surface area contributed by atoms with E-state index in [0.29, 0.717) is 5.92 Å². The van der Waals surface area contributed by atoms with Crippen LogP contribution in [0.1, 0.15) is 49.0 Å². The van der Waals surface area contributed by atoms with E-state index in [2.05, 4.69) is 47.1 Å². The number of aryl methyl sites for hydroxylation is 3. The fourth-order valence-electron chi connectivity index (χ4n) is 3.75. The van der Waals surface area contributed by atoms with Gasteiger partial charge in [0.05, 0.1) is 5.69 Å². The number of rotatable bonds is 5. The molecule has 1 aliphatic heterocycles. The minimum atomic E-state index is 0.562. The normalized spacial score (nSPS) is 19.2. The molecular weight excluding hydrogens is 274 g/mol. The number of hydrogen-bond acceptors (Lipinski definition) is 3. The Hall–Kier alpha value is -1.62. The third kappa shape index (κ3) is 2.70. The summed E-state index contributed by atoms with van der Waals surface area (Å²) in [5.74, 6) is 1.78. The summed E-state index contributed by atoms with van der Waals surface area (Å²) < 4.78 is 4.23. The summed E-state index contributed by atoms with van der Waals surface area (Å²) in [6.45, 7) is 7.71. The summed E-state index contributed by atoms with van der Waals surface area (Å²) in [5, 5.41) is 4.70. The van der Waals surface area contributed by atoms with Crippen LogP contribution in [0.25, 0.3) is 0 Å². The molecule has 3 rings (SSSR count). The molecule has 22 heavy (non-hydrogen) atoms. The van der Waals surface area contributed by atoms with Gasteiger partial charge in [-0.1, -0.05) is 13.8 Å². The molecule has 0 saturated carbocycles. The predicted octanol–water partition coefficient (Wildman–Crippen LogP) is 2.27. The van der Waals surface area contributed by atoms with Gasteiger partial charge in [0.25, 0.3) is 0 Å². The molecule has 5 heteroatoms. The topological polar surface area (TPSA) is 38.9 Å². The average Bonchev–Trinajstić information content (AvgIpc) is 3.19. The molecule has 0 amide bonds. The molecule has 0 aromatic carbocycles. The van der Waals surface area contributed by atoms with Crippen molar-refractivity contribution in [2.45, 2.75) is 45.6 Å². The minimum Gasteiger partial charge on any atom is -0.338 e. The molecule has 2 aromatic heterocycles. The first-order valence-electron chi connectivity index (χ1n) is 8.37. The first-order chi connectivity index (χ1) is 10.6. The third-order valence-electron chi connectivity index (χ3n) is 4.91. The standard InChI is InChI=1S/C17H27N5/c1-5-15-14(16(6-2)21(4)19-15)12-22-9-7-13(11-22)17-18-8-10-20(17)3/h8,10,13H,5-7,9,11-12H2,1-4H3. The molecule has 3 heterocycles. The molecule has 1 atom stereocenters. The van der Waals surface area contributed by atoms with Crippen LogP contribution in [0.2, 0.25) is 0 Å². The lowest BCUT2D eigenvalue weighted by molar-refractivity contribution is 0.323. The second kappa shape index (κ2) is 6.24. The van der Waals surface area contributed by atoms with Crippen molar-refractivity contribution in [1.29, 1.82) is 0 Å². The Bertz CT molecular complexity index is 640. The highest BCUT2D eigenvalue weighted by atomic mass is 15.3. The fourth-order valence-corrected chi connectivity index (χ4v) is 3.75. The van der Waals surface area contributed by atoms with Gasteiger partial charge >= 0.3 is 0 Å². The van der Waals surface area contributed by atoms with Crippen LogP contribution in [-0.4, -0.2) is 37.3 Å². The van der Waals surface area contributed by atoms with Crippen LogP contribution in [0.15, 0.2) is 12.4 Å². The van der Waals surface area contributed by atoms with Crippen LogP contribution >= 0.6 is 0 Å². The molecule has 0 bridgehead atoms. The van der Waals surface area contributed by atoms with Crippen molar-refractivity contribution >= 4 is 0 Å². The highest BCUT2D eigenvalue weighted by Crippen LogP contribution is 2.28. The van der Waals surface area contributed by atoms with E-state index in [1.807, 2.05) is 12.4 Å². The Balaban J connectivity index is 1.74. The van der Waals surface area contributed by atoms with Crippen molar-refractivity contribution < 1.29 is 0 Å². The smallest absolute Gasteiger partial charge is 0.112 e. The van der Waals surface area contributed by atoms with E-state index in [0.717, 1.165) is 32.5 Å². The van der Waals surface area contributed by atoms with Crippen LogP contribution in [0, 0.1) is 0 Å². The van der Waals surface area contributed by atoms with Gasteiger partial charge < -0.3 is 4.57 Å². The molecular formula is C17H27N5. The SMILES string of the molecule is CCc1nn(C)c(CC)c1CN1CCC(c2nccn2C)C1. The summed E-state index contributed by atoms with van der Waals surface area (Å²) in [6, 6.07) is 0. The second-order valence-electron chi connectivity index (χ2n) is 6.32. The van der Waals surface area contributed by atoms with Crippen molar-refractivity contribution in [3.05, 3.63) is 35.2 Å². The third-order valence-corrected chi connectivity index (χ3v) is 4.91. The maximum absolute atomic E-state index is 4.70. The number of imidazole rings is 1. The molecule has 1 saturated heterocycles. The molecule has 2 aromatic rings. The van der Waals surface area contributed by atoms with Crippen molar-refractivity contribution in [2.24, 2.45) is 14.1 Å². The van der Waals surface area contributed by atoms with Gasteiger partial charge in [-0.05, 0) is 25.8 Å². The van der Waals surface area contributed by atoms with Gasteiger partial charge in [-0.15, -0.1) is 0 Å². The molecule has 5 nitrogen and oxygen atoms in total. The zero-order chi connectivity index (χ0) is 15.7. The molecule has 0 spiro atoms. The maximum atomic E-state index is 4.70. The van der Waals surface area contributed by atoms with Crippen molar-refractivity contribution in [3.63, 3.8) is 0 Å². The molecule has 0 aliphatic carbocycles. The van der Waals surface area contributed by atoms with E-state index in [-0.39, 0.29) is 0 Å². The van der Waals surface area contributed by atoms with Crippen LogP contribution in [0.5, 0.6) is 0 Å². The Kier molecular flexibility index (Phi) is 4.34. The Morgan fingerprint density at radius 1 is 1.23 bits per heavy atom. The van der Waals surface area contributed by atoms with Gasteiger partial charge in [0, 0.05) is 56.8 Å². The van der Waals surface area contributed by atoms with Gasteiger partial charge in [0.1, 0.15) is 5.82 Å². The van der Waals surface area contributed by atoms with Crippen LogP contribution in [0.4, 0.5) is 0 Å². The van der Waals surface area contributed by atoms with Gasteiger partial charge in [-0.3, -0.25) is 9.58 Å². The quantitative estimate of drug-likeness (QED) is 0.850. The van der Waals surface area contributed by atoms with E-state index in [4.69, 9.17) is 5.10 Å². The van der Waals surface area contributed by atoms with Crippen molar-refractivity contribution in [2.75, 3.05) is 13.1 Å². The van der Waals surface area contributed by atoms with E-state index >= 15 is 0 Å². The van der Waals surface area contributed by atoms with E-state index < -0.39 is 0 Å². The van der Waals surface area contributed by atoms with Crippen molar-refractivity contribution in [3.8, 4) is 0 Å². The zero-order valence-corrected chi connectivity index (χ0v) is 14.2. The molecule has 0 radical (unpaired) electrons. The summed E-state index contributed by atoms with van der Waals surface area (Å²) in [6.07, 6.45) is 7.22. The first-order valence-corrected chi connectivity index (χ1v) is 8.37. The number of hydrogen-bond donors (Lipinski definition) is 0.